The lowest BCUT2D eigenvalue weighted by Gasteiger charge is -2.28. The van der Waals surface area contributed by atoms with Crippen molar-refractivity contribution in [2.24, 2.45) is 0 Å². The summed E-state index contributed by atoms with van der Waals surface area (Å²) in [6, 6.07) is 9.52. The minimum absolute atomic E-state index is 0.417. The first-order valence-corrected chi connectivity index (χ1v) is 8.27. The molecular weight excluding hydrogens is 264 g/mol. The van der Waals surface area contributed by atoms with E-state index in [1.807, 2.05) is 0 Å². The lowest BCUT2D eigenvalue weighted by Crippen LogP contribution is -2.25. The molecule has 1 unspecified atom stereocenters. The number of anilines is 1. The average molecular weight is 286 g/mol. The van der Waals surface area contributed by atoms with E-state index in [4.69, 9.17) is 0 Å². The standard InChI is InChI=1S/C17H22N2S/c1-13(16-7-9-20-12-16)18-11-14-5-6-17-15(10-14)4-3-8-19(17)2/h5-7,9-10,12-13,18H,3-4,8,11H2,1-2H3. The van der Waals surface area contributed by atoms with Gasteiger partial charge in [-0.2, -0.15) is 11.3 Å². The van der Waals surface area contributed by atoms with Crippen LogP contribution in [0.3, 0.4) is 0 Å². The molecule has 0 spiro atoms. The van der Waals surface area contributed by atoms with Crippen LogP contribution in [0.15, 0.2) is 35.0 Å². The number of fused-ring (bicyclic) bond motifs is 1. The van der Waals surface area contributed by atoms with Crippen LogP contribution in [0.1, 0.15) is 36.1 Å². The van der Waals surface area contributed by atoms with Crippen molar-refractivity contribution in [1.29, 1.82) is 0 Å². The molecule has 3 heteroatoms. The van der Waals surface area contributed by atoms with Gasteiger partial charge in [-0.25, -0.2) is 0 Å². The predicted octanol–water partition coefficient (Wildman–Crippen LogP) is 3.98. The summed E-state index contributed by atoms with van der Waals surface area (Å²) in [5, 5.41) is 7.98. The third-order valence-electron chi connectivity index (χ3n) is 4.15. The van der Waals surface area contributed by atoms with Crippen molar-refractivity contribution in [2.45, 2.75) is 32.4 Å². The highest BCUT2D eigenvalue weighted by Gasteiger charge is 2.13. The van der Waals surface area contributed by atoms with E-state index in [2.05, 4.69) is 59.2 Å². The Morgan fingerprint density at radius 2 is 2.25 bits per heavy atom. The zero-order valence-corrected chi connectivity index (χ0v) is 13.0. The molecule has 2 aromatic rings. The minimum atomic E-state index is 0.417. The van der Waals surface area contributed by atoms with E-state index in [1.165, 1.54) is 41.8 Å². The quantitative estimate of drug-likeness (QED) is 0.914. The van der Waals surface area contributed by atoms with Crippen molar-refractivity contribution in [3.63, 3.8) is 0 Å². The third-order valence-corrected chi connectivity index (χ3v) is 4.85. The zero-order valence-electron chi connectivity index (χ0n) is 12.2. The molecule has 0 radical (unpaired) electrons. The Morgan fingerprint density at radius 3 is 3.05 bits per heavy atom. The molecule has 0 amide bonds. The van der Waals surface area contributed by atoms with Crippen LogP contribution in [0.5, 0.6) is 0 Å². The van der Waals surface area contributed by atoms with E-state index < -0.39 is 0 Å². The molecule has 1 aliphatic rings. The number of rotatable bonds is 4. The fourth-order valence-electron chi connectivity index (χ4n) is 2.86. The fraction of sp³-hybridized carbons (Fsp3) is 0.412. The largest absolute Gasteiger partial charge is 0.374 e. The molecule has 0 saturated carbocycles. The first-order chi connectivity index (χ1) is 9.74. The molecule has 20 heavy (non-hydrogen) atoms. The highest BCUT2D eigenvalue weighted by atomic mass is 32.1. The molecule has 1 atom stereocenters. The summed E-state index contributed by atoms with van der Waals surface area (Å²) < 4.78 is 0. The molecule has 0 saturated heterocycles. The van der Waals surface area contributed by atoms with Crippen LogP contribution in [0.2, 0.25) is 0 Å². The Hall–Kier alpha value is -1.32. The van der Waals surface area contributed by atoms with Gasteiger partial charge in [-0.05, 0) is 59.3 Å². The maximum absolute atomic E-state index is 3.61. The van der Waals surface area contributed by atoms with Gasteiger partial charge in [0.15, 0.2) is 0 Å². The smallest absolute Gasteiger partial charge is 0.0396 e. The fourth-order valence-corrected chi connectivity index (χ4v) is 3.61. The monoisotopic (exact) mass is 286 g/mol. The summed E-state index contributed by atoms with van der Waals surface area (Å²) in [6.45, 7) is 4.35. The Morgan fingerprint density at radius 1 is 1.35 bits per heavy atom. The van der Waals surface area contributed by atoms with E-state index in [1.54, 1.807) is 11.3 Å². The van der Waals surface area contributed by atoms with Gasteiger partial charge in [-0.15, -0.1) is 0 Å². The Kier molecular flexibility index (Phi) is 4.08. The summed E-state index contributed by atoms with van der Waals surface area (Å²) in [5.41, 5.74) is 5.68. The Balaban J connectivity index is 1.66. The normalized spacial score (nSPS) is 16.0. The molecule has 1 N–H and O–H groups in total. The number of benzene rings is 1. The van der Waals surface area contributed by atoms with Gasteiger partial charge in [-0.1, -0.05) is 12.1 Å². The van der Waals surface area contributed by atoms with Crippen LogP contribution in [-0.2, 0) is 13.0 Å². The van der Waals surface area contributed by atoms with E-state index >= 15 is 0 Å². The van der Waals surface area contributed by atoms with Gasteiger partial charge < -0.3 is 10.2 Å². The summed E-state index contributed by atoms with van der Waals surface area (Å²) in [7, 11) is 2.19. The van der Waals surface area contributed by atoms with Gasteiger partial charge in [0.2, 0.25) is 0 Å². The first-order valence-electron chi connectivity index (χ1n) is 7.32. The lowest BCUT2D eigenvalue weighted by atomic mass is 9.99. The number of hydrogen-bond donors (Lipinski definition) is 1. The first kappa shape index (κ1) is 13.7. The van der Waals surface area contributed by atoms with Crippen molar-refractivity contribution in [1.82, 2.24) is 5.32 Å². The maximum atomic E-state index is 3.61. The van der Waals surface area contributed by atoms with Gasteiger partial charge in [0.25, 0.3) is 0 Å². The molecule has 0 bridgehead atoms. The third kappa shape index (κ3) is 2.89. The molecule has 1 aromatic carbocycles. The summed E-state index contributed by atoms with van der Waals surface area (Å²) >= 11 is 1.76. The van der Waals surface area contributed by atoms with Crippen molar-refractivity contribution < 1.29 is 0 Å². The number of hydrogen-bond acceptors (Lipinski definition) is 3. The van der Waals surface area contributed by atoms with Crippen molar-refractivity contribution in [3.05, 3.63) is 51.7 Å². The lowest BCUT2D eigenvalue weighted by molar-refractivity contribution is 0.575. The topological polar surface area (TPSA) is 15.3 Å². The average Bonchev–Trinajstić information content (AvgIpc) is 2.99. The molecule has 2 heterocycles. The minimum Gasteiger partial charge on any atom is -0.374 e. The number of nitrogens with zero attached hydrogens (tertiary/aromatic N) is 1. The predicted molar refractivity (Wildman–Crippen MR) is 87.6 cm³/mol. The number of nitrogens with one attached hydrogen (secondary N) is 1. The Labute approximate surface area is 125 Å². The second-order valence-electron chi connectivity index (χ2n) is 5.65. The second-order valence-corrected chi connectivity index (χ2v) is 6.43. The number of thiophene rings is 1. The van der Waals surface area contributed by atoms with Crippen LogP contribution < -0.4 is 10.2 Å². The van der Waals surface area contributed by atoms with Crippen LogP contribution >= 0.6 is 11.3 Å². The summed E-state index contributed by atoms with van der Waals surface area (Å²) in [4.78, 5) is 2.37. The van der Waals surface area contributed by atoms with Crippen LogP contribution in [-0.4, -0.2) is 13.6 Å². The van der Waals surface area contributed by atoms with E-state index in [0.29, 0.717) is 6.04 Å². The molecule has 0 aliphatic carbocycles. The van der Waals surface area contributed by atoms with Crippen molar-refractivity contribution in [3.8, 4) is 0 Å². The van der Waals surface area contributed by atoms with Gasteiger partial charge >= 0.3 is 0 Å². The summed E-state index contributed by atoms with van der Waals surface area (Å²) in [6.07, 6.45) is 2.49. The molecule has 106 valence electrons. The SMILES string of the molecule is CC(NCc1ccc2c(c1)CCCN2C)c1ccsc1. The molecular formula is C17H22N2S. The second kappa shape index (κ2) is 5.98. The molecule has 2 nitrogen and oxygen atoms in total. The van der Waals surface area contributed by atoms with E-state index in [-0.39, 0.29) is 0 Å². The van der Waals surface area contributed by atoms with E-state index in [0.717, 1.165) is 6.54 Å². The van der Waals surface area contributed by atoms with Gasteiger partial charge in [-0.3, -0.25) is 0 Å². The van der Waals surface area contributed by atoms with Gasteiger partial charge in [0.05, 0.1) is 0 Å². The number of aryl methyl sites for hydroxylation is 1. The highest BCUT2D eigenvalue weighted by Crippen LogP contribution is 2.27. The van der Waals surface area contributed by atoms with Crippen LogP contribution in [0.4, 0.5) is 5.69 Å². The zero-order chi connectivity index (χ0) is 13.9. The Bertz CT molecular complexity index is 562. The highest BCUT2D eigenvalue weighted by molar-refractivity contribution is 7.07. The van der Waals surface area contributed by atoms with Crippen molar-refractivity contribution >= 4 is 17.0 Å². The molecule has 3 rings (SSSR count). The van der Waals surface area contributed by atoms with Gasteiger partial charge in [0.1, 0.15) is 0 Å². The van der Waals surface area contributed by atoms with E-state index in [9.17, 15) is 0 Å². The van der Waals surface area contributed by atoms with Crippen LogP contribution in [0.25, 0.3) is 0 Å². The van der Waals surface area contributed by atoms with Crippen LogP contribution in [0, 0.1) is 0 Å². The molecule has 0 fully saturated rings. The van der Waals surface area contributed by atoms with Gasteiger partial charge in [0, 0.05) is 31.9 Å². The maximum Gasteiger partial charge on any atom is 0.0396 e. The van der Waals surface area contributed by atoms with Crippen molar-refractivity contribution in [2.75, 3.05) is 18.5 Å². The molecule has 1 aliphatic heterocycles. The summed E-state index contributed by atoms with van der Waals surface area (Å²) in [5.74, 6) is 0. The molecule has 1 aromatic heterocycles.